The Hall–Kier alpha value is -2.87. The third-order valence-corrected chi connectivity index (χ3v) is 5.28. The van der Waals surface area contributed by atoms with Crippen molar-refractivity contribution < 1.29 is 14.3 Å². The number of hydrogen-bond acceptors (Lipinski definition) is 6. The van der Waals surface area contributed by atoms with Crippen molar-refractivity contribution in [2.45, 2.75) is 39.8 Å². The first kappa shape index (κ1) is 22.8. The highest BCUT2D eigenvalue weighted by molar-refractivity contribution is 5.74. The number of rotatable bonds is 7. The zero-order valence-corrected chi connectivity index (χ0v) is 19.1. The lowest BCUT2D eigenvalue weighted by Crippen LogP contribution is -2.53. The predicted molar refractivity (Wildman–Crippen MR) is 121 cm³/mol. The molecule has 31 heavy (non-hydrogen) atoms. The average Bonchev–Trinajstić information content (AvgIpc) is 2.75. The molecule has 0 radical (unpaired) electrons. The van der Waals surface area contributed by atoms with E-state index in [1.165, 1.54) is 0 Å². The molecular formula is C23H33N5O3. The highest BCUT2D eigenvalue weighted by Crippen LogP contribution is 2.27. The maximum Gasteiger partial charge on any atom is 0.317 e. The summed E-state index contributed by atoms with van der Waals surface area (Å²) in [5, 5.41) is 2.97. The topological polar surface area (TPSA) is 79.8 Å². The first-order chi connectivity index (χ1) is 14.9. The van der Waals surface area contributed by atoms with Gasteiger partial charge in [-0.1, -0.05) is 12.1 Å². The number of nitrogens with one attached hydrogen (secondary N) is 1. The SMILES string of the molecule is COCc1nc(C)nc(N2CCN(C(=O)NC(C)C)CC2)c1Cc1ccc(OC)cc1. The third kappa shape index (κ3) is 5.85. The molecule has 0 spiro atoms. The van der Waals surface area contributed by atoms with Crippen LogP contribution in [0.25, 0.3) is 0 Å². The van der Waals surface area contributed by atoms with Crippen molar-refractivity contribution in [3.8, 4) is 5.75 Å². The summed E-state index contributed by atoms with van der Waals surface area (Å²) < 4.78 is 10.7. The lowest BCUT2D eigenvalue weighted by atomic mass is 10.0. The van der Waals surface area contributed by atoms with Gasteiger partial charge in [-0.3, -0.25) is 0 Å². The normalized spacial score (nSPS) is 14.1. The molecule has 0 unspecified atom stereocenters. The zero-order valence-electron chi connectivity index (χ0n) is 19.1. The second kappa shape index (κ2) is 10.4. The van der Waals surface area contributed by atoms with Gasteiger partial charge in [-0.05, 0) is 38.5 Å². The molecule has 1 N–H and O–H groups in total. The molecule has 2 heterocycles. The highest BCUT2D eigenvalue weighted by Gasteiger charge is 2.25. The van der Waals surface area contributed by atoms with Gasteiger partial charge in [0.2, 0.25) is 0 Å². The van der Waals surface area contributed by atoms with Crippen LogP contribution in [-0.4, -0.2) is 67.3 Å². The van der Waals surface area contributed by atoms with Crippen molar-refractivity contribution in [3.63, 3.8) is 0 Å². The second-order valence-corrected chi connectivity index (χ2v) is 8.06. The average molecular weight is 428 g/mol. The first-order valence-corrected chi connectivity index (χ1v) is 10.7. The van der Waals surface area contributed by atoms with Crippen LogP contribution >= 0.6 is 0 Å². The molecule has 8 heteroatoms. The quantitative estimate of drug-likeness (QED) is 0.732. The van der Waals surface area contributed by atoms with E-state index in [2.05, 4.69) is 27.3 Å². The van der Waals surface area contributed by atoms with Gasteiger partial charge in [0.1, 0.15) is 17.4 Å². The van der Waals surface area contributed by atoms with Gasteiger partial charge in [0, 0.05) is 51.3 Å². The van der Waals surface area contributed by atoms with E-state index < -0.39 is 0 Å². The molecule has 0 aliphatic carbocycles. The Morgan fingerprint density at radius 1 is 1.10 bits per heavy atom. The highest BCUT2D eigenvalue weighted by atomic mass is 16.5. The van der Waals surface area contributed by atoms with Crippen LogP contribution in [0.5, 0.6) is 5.75 Å². The number of anilines is 1. The third-order valence-electron chi connectivity index (χ3n) is 5.28. The molecule has 1 fully saturated rings. The molecule has 8 nitrogen and oxygen atoms in total. The Labute approximate surface area is 184 Å². The summed E-state index contributed by atoms with van der Waals surface area (Å²) in [6.07, 6.45) is 0.701. The molecule has 2 amide bonds. The number of methoxy groups -OCH3 is 2. The van der Waals surface area contributed by atoms with Gasteiger partial charge in [0.05, 0.1) is 19.4 Å². The van der Waals surface area contributed by atoms with Crippen molar-refractivity contribution in [2.75, 3.05) is 45.3 Å². The van der Waals surface area contributed by atoms with E-state index >= 15 is 0 Å². The van der Waals surface area contributed by atoms with Gasteiger partial charge in [0.15, 0.2) is 0 Å². The number of ether oxygens (including phenoxy) is 2. The first-order valence-electron chi connectivity index (χ1n) is 10.7. The summed E-state index contributed by atoms with van der Waals surface area (Å²) in [6.45, 7) is 9.05. The summed E-state index contributed by atoms with van der Waals surface area (Å²) in [5.41, 5.74) is 3.13. The summed E-state index contributed by atoms with van der Waals surface area (Å²) >= 11 is 0. The minimum absolute atomic E-state index is 0.00736. The van der Waals surface area contributed by atoms with E-state index in [4.69, 9.17) is 14.5 Å². The fraction of sp³-hybridized carbons (Fsp3) is 0.522. The Bertz CT molecular complexity index is 878. The molecular weight excluding hydrogens is 394 g/mol. The number of hydrogen-bond donors (Lipinski definition) is 1. The summed E-state index contributed by atoms with van der Waals surface area (Å²) in [5.74, 6) is 2.48. The zero-order chi connectivity index (χ0) is 22.4. The number of nitrogens with zero attached hydrogens (tertiary/aromatic N) is 4. The van der Waals surface area contributed by atoms with Gasteiger partial charge in [-0.2, -0.15) is 0 Å². The van der Waals surface area contributed by atoms with Crippen molar-refractivity contribution in [2.24, 2.45) is 0 Å². The molecule has 0 bridgehead atoms. The van der Waals surface area contributed by atoms with E-state index in [1.807, 2.05) is 37.8 Å². The van der Waals surface area contributed by atoms with E-state index in [0.717, 1.165) is 47.3 Å². The molecule has 3 rings (SSSR count). The van der Waals surface area contributed by atoms with Crippen LogP contribution in [0.4, 0.5) is 10.6 Å². The molecule has 1 aromatic carbocycles. The number of amides is 2. The number of carbonyl (C=O) groups is 1. The van der Waals surface area contributed by atoms with Crippen LogP contribution in [0.1, 0.15) is 36.5 Å². The Morgan fingerprint density at radius 3 is 2.35 bits per heavy atom. The molecule has 2 aromatic rings. The van der Waals surface area contributed by atoms with Gasteiger partial charge >= 0.3 is 6.03 Å². The van der Waals surface area contributed by atoms with E-state index in [0.29, 0.717) is 26.1 Å². The summed E-state index contributed by atoms with van der Waals surface area (Å²) in [6, 6.07) is 8.17. The predicted octanol–water partition coefficient (Wildman–Crippen LogP) is 2.77. The van der Waals surface area contributed by atoms with Crippen molar-refractivity contribution in [1.29, 1.82) is 0 Å². The Morgan fingerprint density at radius 2 is 1.77 bits per heavy atom. The summed E-state index contributed by atoms with van der Waals surface area (Å²) in [7, 11) is 3.35. The molecule has 1 aliphatic heterocycles. The van der Waals surface area contributed by atoms with Crippen LogP contribution < -0.4 is 15.0 Å². The van der Waals surface area contributed by atoms with Crippen molar-refractivity contribution in [1.82, 2.24) is 20.2 Å². The van der Waals surface area contributed by atoms with Crippen molar-refractivity contribution in [3.05, 3.63) is 46.9 Å². The number of urea groups is 1. The smallest absolute Gasteiger partial charge is 0.317 e. The molecule has 168 valence electrons. The van der Waals surface area contributed by atoms with Crippen molar-refractivity contribution >= 4 is 11.8 Å². The Kier molecular flexibility index (Phi) is 7.68. The van der Waals surface area contributed by atoms with E-state index in [9.17, 15) is 4.79 Å². The fourth-order valence-electron chi connectivity index (χ4n) is 3.74. The number of aryl methyl sites for hydroxylation is 1. The van der Waals surface area contributed by atoms with Gasteiger partial charge in [-0.15, -0.1) is 0 Å². The van der Waals surface area contributed by atoms with Crippen LogP contribution in [0.15, 0.2) is 24.3 Å². The fourth-order valence-corrected chi connectivity index (χ4v) is 3.74. The number of aromatic nitrogens is 2. The largest absolute Gasteiger partial charge is 0.497 e. The Balaban J connectivity index is 1.84. The van der Waals surface area contributed by atoms with E-state index in [1.54, 1.807) is 14.2 Å². The minimum atomic E-state index is -0.00736. The lowest BCUT2D eigenvalue weighted by Gasteiger charge is -2.37. The maximum atomic E-state index is 12.3. The molecule has 1 aliphatic rings. The van der Waals surface area contributed by atoms with Crippen LogP contribution in [0.2, 0.25) is 0 Å². The standard InChI is InChI=1S/C23H33N5O3/c1-16(2)24-23(29)28-12-10-27(11-13-28)22-20(21(15-30-4)25-17(3)26-22)14-18-6-8-19(31-5)9-7-18/h6-9,16H,10-15H2,1-5H3,(H,24,29). The monoisotopic (exact) mass is 427 g/mol. The van der Waals surface area contributed by atoms with Gasteiger partial charge in [-0.25, -0.2) is 14.8 Å². The van der Waals surface area contributed by atoms with E-state index in [-0.39, 0.29) is 12.1 Å². The van der Waals surface area contributed by atoms with Crippen LogP contribution in [0.3, 0.4) is 0 Å². The van der Waals surface area contributed by atoms with Gasteiger partial charge < -0.3 is 24.6 Å². The number of piperazine rings is 1. The number of carbonyl (C=O) groups excluding carboxylic acids is 1. The van der Waals surface area contributed by atoms with Crippen LogP contribution in [-0.2, 0) is 17.8 Å². The lowest BCUT2D eigenvalue weighted by molar-refractivity contribution is 0.180. The second-order valence-electron chi connectivity index (χ2n) is 8.06. The van der Waals surface area contributed by atoms with Crippen LogP contribution in [0, 0.1) is 6.92 Å². The molecule has 0 saturated carbocycles. The molecule has 0 atom stereocenters. The summed E-state index contributed by atoms with van der Waals surface area (Å²) in [4.78, 5) is 25.9. The molecule has 1 saturated heterocycles. The maximum absolute atomic E-state index is 12.3. The molecule has 1 aromatic heterocycles. The van der Waals surface area contributed by atoms with Gasteiger partial charge in [0.25, 0.3) is 0 Å². The minimum Gasteiger partial charge on any atom is -0.497 e. The number of benzene rings is 1.